The maximum Gasteiger partial charge on any atom is 0.415 e. The molecule has 2 heterocycles. The Kier molecular flexibility index (Phi) is 2.92. The van der Waals surface area contributed by atoms with E-state index in [2.05, 4.69) is 5.32 Å². The summed E-state index contributed by atoms with van der Waals surface area (Å²) in [5.41, 5.74) is 0.543. The number of benzene rings is 1. The van der Waals surface area contributed by atoms with E-state index in [1.807, 2.05) is 12.1 Å². The first-order valence-electron chi connectivity index (χ1n) is 6.15. The summed E-state index contributed by atoms with van der Waals surface area (Å²) >= 11 is 5.85. The summed E-state index contributed by atoms with van der Waals surface area (Å²) in [7, 11) is 0. The van der Waals surface area contributed by atoms with Gasteiger partial charge in [-0.25, -0.2) is 4.79 Å². The average molecular weight is 267 g/mol. The Hall–Kier alpha value is -1.26. The number of piperidine rings is 1. The highest BCUT2D eigenvalue weighted by molar-refractivity contribution is 6.30. The first kappa shape index (κ1) is 11.8. The molecule has 1 aromatic rings. The zero-order valence-electron chi connectivity index (χ0n) is 9.99. The lowest BCUT2D eigenvalue weighted by atomic mass is 9.92. The normalized spacial score (nSPS) is 22.3. The SMILES string of the molecule is O=C1OC2(CCNCC2)CN1c1ccc(Cl)cc1. The van der Waals surface area contributed by atoms with Crippen molar-refractivity contribution in [2.45, 2.75) is 18.4 Å². The van der Waals surface area contributed by atoms with Gasteiger partial charge in [0.15, 0.2) is 0 Å². The highest BCUT2D eigenvalue weighted by atomic mass is 35.5. The van der Waals surface area contributed by atoms with Gasteiger partial charge >= 0.3 is 6.09 Å². The molecule has 2 fully saturated rings. The lowest BCUT2D eigenvalue weighted by Crippen LogP contribution is -2.44. The molecule has 1 spiro atoms. The number of nitrogens with one attached hydrogen (secondary N) is 1. The van der Waals surface area contributed by atoms with E-state index in [1.54, 1.807) is 17.0 Å². The summed E-state index contributed by atoms with van der Waals surface area (Å²) < 4.78 is 5.60. The fourth-order valence-corrected chi connectivity index (χ4v) is 2.71. The van der Waals surface area contributed by atoms with Crippen molar-refractivity contribution in [2.24, 2.45) is 0 Å². The van der Waals surface area contributed by atoms with Gasteiger partial charge < -0.3 is 10.1 Å². The Balaban J connectivity index is 1.82. The number of nitrogens with zero attached hydrogens (tertiary/aromatic N) is 1. The molecule has 0 saturated carbocycles. The Morgan fingerprint density at radius 3 is 2.56 bits per heavy atom. The maximum atomic E-state index is 12.0. The van der Waals surface area contributed by atoms with Gasteiger partial charge in [-0.2, -0.15) is 0 Å². The zero-order chi connectivity index (χ0) is 12.6. The average Bonchev–Trinajstić information content (AvgIpc) is 2.68. The molecule has 0 radical (unpaired) electrons. The van der Waals surface area contributed by atoms with Crippen molar-refractivity contribution >= 4 is 23.4 Å². The van der Waals surface area contributed by atoms with E-state index in [4.69, 9.17) is 16.3 Å². The lowest BCUT2D eigenvalue weighted by Gasteiger charge is -2.31. The van der Waals surface area contributed by atoms with E-state index < -0.39 is 0 Å². The quantitative estimate of drug-likeness (QED) is 0.849. The fraction of sp³-hybridized carbons (Fsp3) is 0.462. The number of hydrogen-bond acceptors (Lipinski definition) is 3. The van der Waals surface area contributed by atoms with E-state index in [0.29, 0.717) is 11.6 Å². The second kappa shape index (κ2) is 4.44. The number of carbonyl (C=O) groups is 1. The van der Waals surface area contributed by atoms with E-state index in [1.165, 1.54) is 0 Å². The van der Waals surface area contributed by atoms with Gasteiger partial charge in [0.2, 0.25) is 0 Å². The molecule has 0 unspecified atom stereocenters. The van der Waals surface area contributed by atoms with Crippen LogP contribution in [0.25, 0.3) is 0 Å². The molecule has 0 aliphatic carbocycles. The van der Waals surface area contributed by atoms with Gasteiger partial charge in [0.05, 0.1) is 6.54 Å². The van der Waals surface area contributed by atoms with E-state index in [9.17, 15) is 4.79 Å². The van der Waals surface area contributed by atoms with E-state index in [0.717, 1.165) is 31.6 Å². The third kappa shape index (κ3) is 2.06. The first-order chi connectivity index (χ1) is 8.69. The van der Waals surface area contributed by atoms with Gasteiger partial charge in [0, 0.05) is 23.6 Å². The number of rotatable bonds is 1. The van der Waals surface area contributed by atoms with Gasteiger partial charge in [-0.3, -0.25) is 4.90 Å². The van der Waals surface area contributed by atoms with Crippen LogP contribution in [0.15, 0.2) is 24.3 Å². The monoisotopic (exact) mass is 266 g/mol. The van der Waals surface area contributed by atoms with Crippen molar-refractivity contribution in [1.29, 1.82) is 0 Å². The van der Waals surface area contributed by atoms with Crippen LogP contribution in [-0.2, 0) is 4.74 Å². The van der Waals surface area contributed by atoms with Crippen molar-refractivity contribution in [1.82, 2.24) is 5.32 Å². The molecular weight excluding hydrogens is 252 g/mol. The van der Waals surface area contributed by atoms with Crippen molar-refractivity contribution in [3.63, 3.8) is 0 Å². The summed E-state index contributed by atoms with van der Waals surface area (Å²) in [6, 6.07) is 7.28. The Morgan fingerprint density at radius 2 is 1.89 bits per heavy atom. The van der Waals surface area contributed by atoms with Crippen LogP contribution in [0.3, 0.4) is 0 Å². The molecule has 3 rings (SSSR count). The van der Waals surface area contributed by atoms with Gasteiger partial charge in [-0.05, 0) is 37.4 Å². The van der Waals surface area contributed by atoms with Crippen molar-refractivity contribution < 1.29 is 9.53 Å². The minimum Gasteiger partial charge on any atom is -0.441 e. The fourth-order valence-electron chi connectivity index (χ4n) is 2.59. The van der Waals surface area contributed by atoms with Crippen LogP contribution in [0.1, 0.15) is 12.8 Å². The van der Waals surface area contributed by atoms with E-state index >= 15 is 0 Å². The molecule has 0 bridgehead atoms. The molecule has 2 aliphatic heterocycles. The third-order valence-corrected chi connectivity index (χ3v) is 3.88. The van der Waals surface area contributed by atoms with Crippen LogP contribution in [0.4, 0.5) is 10.5 Å². The Bertz CT molecular complexity index is 455. The smallest absolute Gasteiger partial charge is 0.415 e. The van der Waals surface area contributed by atoms with Crippen LogP contribution in [-0.4, -0.2) is 31.3 Å². The molecule has 2 saturated heterocycles. The number of amides is 1. The molecule has 2 aliphatic rings. The van der Waals surface area contributed by atoms with Crippen LogP contribution in [0, 0.1) is 0 Å². The van der Waals surface area contributed by atoms with Crippen molar-refractivity contribution in [2.75, 3.05) is 24.5 Å². The number of carbonyl (C=O) groups excluding carboxylic acids is 1. The summed E-state index contributed by atoms with van der Waals surface area (Å²) in [6.45, 7) is 2.44. The highest BCUT2D eigenvalue weighted by Crippen LogP contribution is 2.34. The molecule has 1 aromatic carbocycles. The Morgan fingerprint density at radius 1 is 1.22 bits per heavy atom. The van der Waals surface area contributed by atoms with Gasteiger partial charge in [-0.1, -0.05) is 11.6 Å². The molecular formula is C13H15ClN2O2. The predicted octanol–water partition coefficient (Wildman–Crippen LogP) is 2.42. The molecule has 5 heteroatoms. The van der Waals surface area contributed by atoms with Gasteiger partial charge in [0.1, 0.15) is 5.60 Å². The molecule has 0 atom stereocenters. The number of ether oxygens (including phenoxy) is 1. The minimum absolute atomic E-state index is 0.251. The summed E-state index contributed by atoms with van der Waals surface area (Å²) in [4.78, 5) is 13.7. The van der Waals surface area contributed by atoms with Crippen LogP contribution in [0.2, 0.25) is 5.02 Å². The van der Waals surface area contributed by atoms with Crippen molar-refractivity contribution in [3.8, 4) is 0 Å². The zero-order valence-corrected chi connectivity index (χ0v) is 10.7. The summed E-state index contributed by atoms with van der Waals surface area (Å²) in [5.74, 6) is 0. The first-order valence-corrected chi connectivity index (χ1v) is 6.53. The summed E-state index contributed by atoms with van der Waals surface area (Å²) in [6.07, 6.45) is 1.50. The molecule has 0 aromatic heterocycles. The maximum absolute atomic E-state index is 12.0. The van der Waals surface area contributed by atoms with Gasteiger partial charge in [-0.15, -0.1) is 0 Å². The standard InChI is InChI=1S/C13H15ClN2O2/c14-10-1-3-11(4-2-10)16-9-13(18-12(16)17)5-7-15-8-6-13/h1-4,15H,5-9H2. The molecule has 4 nitrogen and oxygen atoms in total. The second-order valence-electron chi connectivity index (χ2n) is 4.86. The predicted molar refractivity (Wildman–Crippen MR) is 70.1 cm³/mol. The van der Waals surface area contributed by atoms with Crippen LogP contribution in [0.5, 0.6) is 0 Å². The molecule has 18 heavy (non-hydrogen) atoms. The minimum atomic E-state index is -0.304. The third-order valence-electron chi connectivity index (χ3n) is 3.62. The topological polar surface area (TPSA) is 41.6 Å². The number of anilines is 1. The largest absolute Gasteiger partial charge is 0.441 e. The Labute approximate surface area is 111 Å². The van der Waals surface area contributed by atoms with E-state index in [-0.39, 0.29) is 11.7 Å². The highest BCUT2D eigenvalue weighted by Gasteiger charge is 2.46. The second-order valence-corrected chi connectivity index (χ2v) is 5.30. The van der Waals surface area contributed by atoms with Gasteiger partial charge in [0.25, 0.3) is 0 Å². The molecule has 1 amide bonds. The van der Waals surface area contributed by atoms with Crippen LogP contribution < -0.4 is 10.2 Å². The van der Waals surface area contributed by atoms with Crippen LogP contribution >= 0.6 is 11.6 Å². The van der Waals surface area contributed by atoms with Crippen molar-refractivity contribution in [3.05, 3.63) is 29.3 Å². The number of halogens is 1. The lowest BCUT2D eigenvalue weighted by molar-refractivity contribution is 0.0316. The summed E-state index contributed by atoms with van der Waals surface area (Å²) in [5, 5.41) is 3.95. The molecule has 96 valence electrons. The molecule has 1 N–H and O–H groups in total. The number of hydrogen-bond donors (Lipinski definition) is 1.